The zero-order chi connectivity index (χ0) is 15.7. The Morgan fingerprint density at radius 1 is 1.45 bits per heavy atom. The van der Waals surface area contributed by atoms with Crippen molar-refractivity contribution in [3.8, 4) is 5.75 Å². The largest absolute Gasteiger partial charge is 0.493 e. The summed E-state index contributed by atoms with van der Waals surface area (Å²) >= 11 is 2.18. The van der Waals surface area contributed by atoms with E-state index in [0.717, 1.165) is 40.0 Å². The minimum Gasteiger partial charge on any atom is -0.493 e. The Hall–Kier alpha value is -1.57. The van der Waals surface area contributed by atoms with Crippen LogP contribution >= 0.6 is 22.6 Å². The molecule has 1 amide bonds. The summed E-state index contributed by atoms with van der Waals surface area (Å²) < 4.78 is 8.34. The second-order valence-electron chi connectivity index (χ2n) is 5.85. The number of fused-ring (bicyclic) bond motifs is 1. The van der Waals surface area contributed by atoms with E-state index in [1.54, 1.807) is 10.9 Å². The highest BCUT2D eigenvalue weighted by molar-refractivity contribution is 14.1. The predicted octanol–water partition coefficient (Wildman–Crippen LogP) is 3.19. The fraction of sp³-hybridized carbons (Fsp3) is 0.375. The van der Waals surface area contributed by atoms with Gasteiger partial charge in [-0.1, -0.05) is 6.07 Å². The van der Waals surface area contributed by atoms with Gasteiger partial charge in [-0.15, -0.1) is 0 Å². The molecule has 5 nitrogen and oxygen atoms in total. The topological polar surface area (TPSA) is 56.1 Å². The normalized spacial score (nSPS) is 14.1. The van der Waals surface area contributed by atoms with Crippen molar-refractivity contribution < 1.29 is 9.53 Å². The number of carbonyl (C=O) groups excluding carboxylic acids is 1. The summed E-state index contributed by atoms with van der Waals surface area (Å²) in [4.78, 5) is 12.7. The van der Waals surface area contributed by atoms with Gasteiger partial charge in [0, 0.05) is 17.4 Å². The van der Waals surface area contributed by atoms with Crippen LogP contribution in [0.15, 0.2) is 30.6 Å². The highest BCUT2D eigenvalue weighted by Gasteiger charge is 2.31. The molecule has 1 aromatic heterocycles. The number of hydrogen-bond donors (Lipinski definition) is 1. The predicted molar refractivity (Wildman–Crippen MR) is 93.2 cm³/mol. The third-order valence-corrected chi connectivity index (χ3v) is 4.45. The van der Waals surface area contributed by atoms with Gasteiger partial charge in [-0.3, -0.25) is 9.48 Å². The molecule has 116 valence electrons. The highest BCUT2D eigenvalue weighted by Crippen LogP contribution is 2.32. The van der Waals surface area contributed by atoms with Crippen molar-refractivity contribution >= 4 is 34.2 Å². The Kier molecular flexibility index (Phi) is 4.12. The molecule has 2 aromatic rings. The summed E-state index contributed by atoms with van der Waals surface area (Å²) in [7, 11) is 0. The molecule has 1 aliphatic rings. The lowest BCUT2D eigenvalue weighted by molar-refractivity contribution is -0.123. The lowest BCUT2D eigenvalue weighted by atomic mass is 10.0. The second kappa shape index (κ2) is 5.91. The van der Waals surface area contributed by atoms with Crippen molar-refractivity contribution in [3.63, 3.8) is 0 Å². The molecule has 1 aliphatic heterocycles. The number of nitrogens with one attached hydrogen (secondary N) is 1. The standard InChI is InChI=1S/C16H18IN3O2/c1-16(2,20-10-11(17)9-18-20)15(21)19-13-6-3-7-14-12(13)5-4-8-22-14/h3,6-7,9-10H,4-5,8H2,1-2H3,(H,19,21). The zero-order valence-corrected chi connectivity index (χ0v) is 14.8. The first kappa shape index (κ1) is 15.3. The van der Waals surface area contributed by atoms with Crippen molar-refractivity contribution in [2.75, 3.05) is 11.9 Å². The second-order valence-corrected chi connectivity index (χ2v) is 7.10. The molecule has 0 atom stereocenters. The molecule has 0 aliphatic carbocycles. The summed E-state index contributed by atoms with van der Waals surface area (Å²) in [5.41, 5.74) is 1.15. The van der Waals surface area contributed by atoms with E-state index >= 15 is 0 Å². The maximum Gasteiger partial charge on any atom is 0.251 e. The van der Waals surface area contributed by atoms with Crippen LogP contribution < -0.4 is 10.1 Å². The summed E-state index contributed by atoms with van der Waals surface area (Å²) in [6.45, 7) is 4.45. The van der Waals surface area contributed by atoms with E-state index in [0.29, 0.717) is 0 Å². The van der Waals surface area contributed by atoms with Gasteiger partial charge in [0.05, 0.1) is 16.4 Å². The number of benzene rings is 1. The van der Waals surface area contributed by atoms with Crippen LogP contribution in [0.1, 0.15) is 25.8 Å². The van der Waals surface area contributed by atoms with Crippen LogP contribution in [0.5, 0.6) is 5.75 Å². The number of anilines is 1. The molecule has 0 radical (unpaired) electrons. The summed E-state index contributed by atoms with van der Waals surface area (Å²) in [5.74, 6) is 0.779. The SMILES string of the molecule is CC(C)(C(=O)Nc1cccc2c1CCCO2)n1cc(I)cn1. The fourth-order valence-corrected chi connectivity index (χ4v) is 2.88. The first-order chi connectivity index (χ1) is 10.5. The van der Waals surface area contributed by atoms with E-state index in [1.807, 2.05) is 38.2 Å². The number of hydrogen-bond acceptors (Lipinski definition) is 3. The number of carbonyl (C=O) groups is 1. The molecule has 0 fully saturated rings. The molecule has 0 saturated heterocycles. The molecule has 0 spiro atoms. The van der Waals surface area contributed by atoms with E-state index in [4.69, 9.17) is 4.74 Å². The molecule has 3 rings (SSSR count). The summed E-state index contributed by atoms with van der Waals surface area (Å²) in [5, 5.41) is 7.30. The van der Waals surface area contributed by atoms with Crippen molar-refractivity contribution in [2.45, 2.75) is 32.2 Å². The third kappa shape index (κ3) is 2.84. The van der Waals surface area contributed by atoms with Crippen molar-refractivity contribution in [1.82, 2.24) is 9.78 Å². The summed E-state index contributed by atoms with van der Waals surface area (Å²) in [6.07, 6.45) is 5.50. The number of nitrogens with zero attached hydrogens (tertiary/aromatic N) is 2. The first-order valence-corrected chi connectivity index (χ1v) is 8.33. The van der Waals surface area contributed by atoms with E-state index in [9.17, 15) is 4.79 Å². The van der Waals surface area contributed by atoms with Crippen LogP contribution in [0.2, 0.25) is 0 Å². The first-order valence-electron chi connectivity index (χ1n) is 7.25. The van der Waals surface area contributed by atoms with Crippen LogP contribution in [0, 0.1) is 3.57 Å². The third-order valence-electron chi connectivity index (χ3n) is 3.89. The van der Waals surface area contributed by atoms with E-state index in [1.165, 1.54) is 0 Å². The van der Waals surface area contributed by atoms with Gasteiger partial charge in [-0.2, -0.15) is 5.10 Å². The van der Waals surface area contributed by atoms with Gasteiger partial charge >= 0.3 is 0 Å². The lowest BCUT2D eigenvalue weighted by Crippen LogP contribution is -2.40. The Bertz CT molecular complexity index is 709. The number of halogens is 1. The van der Waals surface area contributed by atoms with Crippen molar-refractivity contribution in [3.05, 3.63) is 39.7 Å². The number of rotatable bonds is 3. The molecular weight excluding hydrogens is 393 g/mol. The molecule has 1 N–H and O–H groups in total. The van der Waals surface area contributed by atoms with Gasteiger partial charge in [0.25, 0.3) is 5.91 Å². The van der Waals surface area contributed by atoms with Crippen LogP contribution in [0.25, 0.3) is 0 Å². The van der Waals surface area contributed by atoms with Crippen molar-refractivity contribution in [1.29, 1.82) is 0 Å². The minimum atomic E-state index is -0.762. The molecule has 1 aromatic carbocycles. The Balaban J connectivity index is 1.85. The van der Waals surface area contributed by atoms with Gasteiger partial charge in [0.1, 0.15) is 11.3 Å². The Morgan fingerprint density at radius 2 is 2.27 bits per heavy atom. The number of aromatic nitrogens is 2. The van der Waals surface area contributed by atoms with Gasteiger partial charge in [-0.05, 0) is 61.4 Å². The minimum absolute atomic E-state index is 0.0917. The number of ether oxygens (including phenoxy) is 1. The summed E-state index contributed by atoms with van der Waals surface area (Å²) in [6, 6.07) is 5.78. The van der Waals surface area contributed by atoms with E-state index in [-0.39, 0.29) is 5.91 Å². The van der Waals surface area contributed by atoms with Crippen LogP contribution in [0.3, 0.4) is 0 Å². The van der Waals surface area contributed by atoms with E-state index in [2.05, 4.69) is 33.0 Å². The van der Waals surface area contributed by atoms with Crippen LogP contribution in [0.4, 0.5) is 5.69 Å². The molecule has 0 bridgehead atoms. The molecule has 2 heterocycles. The fourth-order valence-electron chi connectivity index (χ4n) is 2.49. The molecule has 0 saturated carbocycles. The maximum atomic E-state index is 12.7. The average Bonchev–Trinajstić information content (AvgIpc) is 2.95. The molecule has 22 heavy (non-hydrogen) atoms. The quantitative estimate of drug-likeness (QED) is 0.790. The maximum absolute atomic E-state index is 12.7. The Labute approximate surface area is 143 Å². The zero-order valence-electron chi connectivity index (χ0n) is 12.6. The molecule has 6 heteroatoms. The highest BCUT2D eigenvalue weighted by atomic mass is 127. The van der Waals surface area contributed by atoms with Gasteiger partial charge in [0.15, 0.2) is 0 Å². The lowest BCUT2D eigenvalue weighted by Gasteiger charge is -2.26. The van der Waals surface area contributed by atoms with Gasteiger partial charge in [-0.25, -0.2) is 0 Å². The molecule has 0 unspecified atom stereocenters. The average molecular weight is 411 g/mol. The van der Waals surface area contributed by atoms with E-state index < -0.39 is 5.54 Å². The van der Waals surface area contributed by atoms with Gasteiger partial charge < -0.3 is 10.1 Å². The van der Waals surface area contributed by atoms with Crippen molar-refractivity contribution in [2.24, 2.45) is 0 Å². The van der Waals surface area contributed by atoms with Crippen LogP contribution in [-0.2, 0) is 16.8 Å². The number of amides is 1. The Morgan fingerprint density at radius 3 is 3.00 bits per heavy atom. The molecular formula is C16H18IN3O2. The van der Waals surface area contributed by atoms with Crippen LogP contribution in [-0.4, -0.2) is 22.3 Å². The smallest absolute Gasteiger partial charge is 0.251 e. The van der Waals surface area contributed by atoms with Gasteiger partial charge in [0.2, 0.25) is 0 Å². The monoisotopic (exact) mass is 411 g/mol.